The lowest BCUT2D eigenvalue weighted by Gasteiger charge is -2.35. The first-order valence-electron chi connectivity index (χ1n) is 9.77. The lowest BCUT2D eigenvalue weighted by Crippen LogP contribution is -2.48. The van der Waals surface area contributed by atoms with Crippen LogP contribution >= 0.6 is 0 Å². The van der Waals surface area contributed by atoms with Gasteiger partial charge in [-0.15, -0.1) is 0 Å². The molecule has 5 rings (SSSR count). The van der Waals surface area contributed by atoms with E-state index >= 15 is 0 Å². The molecule has 0 bridgehead atoms. The van der Waals surface area contributed by atoms with Crippen molar-refractivity contribution < 1.29 is 14.3 Å². The maximum atomic E-state index is 13.1. The number of amides is 1. The van der Waals surface area contributed by atoms with Gasteiger partial charge in [-0.3, -0.25) is 9.69 Å². The Labute approximate surface area is 169 Å². The van der Waals surface area contributed by atoms with Crippen molar-refractivity contribution in [2.45, 2.75) is 6.54 Å². The van der Waals surface area contributed by atoms with E-state index in [1.165, 1.54) is 5.56 Å². The monoisotopic (exact) mass is 390 g/mol. The van der Waals surface area contributed by atoms with E-state index in [0.29, 0.717) is 25.4 Å². The third-order valence-corrected chi connectivity index (χ3v) is 5.39. The van der Waals surface area contributed by atoms with Gasteiger partial charge in [0.25, 0.3) is 5.91 Å². The van der Waals surface area contributed by atoms with Crippen LogP contribution in [-0.4, -0.2) is 58.5 Å². The van der Waals surface area contributed by atoms with Crippen molar-refractivity contribution in [1.82, 2.24) is 19.6 Å². The third-order valence-electron chi connectivity index (χ3n) is 5.39. The second-order valence-electron chi connectivity index (χ2n) is 7.22. The van der Waals surface area contributed by atoms with E-state index in [9.17, 15) is 4.79 Å². The molecule has 1 amide bonds. The summed E-state index contributed by atoms with van der Waals surface area (Å²) in [5.74, 6) is 1.67. The summed E-state index contributed by atoms with van der Waals surface area (Å²) in [7, 11) is 0. The average Bonchev–Trinajstić information content (AvgIpc) is 3.46. The molecule has 3 heterocycles. The molecule has 0 atom stereocenters. The number of nitrogens with zero attached hydrogens (tertiary/aromatic N) is 4. The Morgan fingerprint density at radius 3 is 2.62 bits per heavy atom. The molecule has 7 nitrogen and oxygen atoms in total. The molecular formula is C22H22N4O3. The molecule has 0 N–H and O–H groups in total. The SMILES string of the molecule is O=C(c1ccccc1-n1cccn1)N1CCN(Cc2ccc3c(c2)OCO3)CC1. The standard InChI is InChI=1S/C22H22N4O3/c27-22(18-4-1-2-5-19(18)26-9-3-8-23-26)25-12-10-24(11-13-25)15-17-6-7-20-21(14-17)29-16-28-20/h1-9,14H,10-13,15-16H2. The summed E-state index contributed by atoms with van der Waals surface area (Å²) in [4.78, 5) is 17.4. The molecule has 0 aliphatic carbocycles. The zero-order chi connectivity index (χ0) is 19.6. The van der Waals surface area contributed by atoms with Crippen LogP contribution in [0, 0.1) is 0 Å². The zero-order valence-electron chi connectivity index (χ0n) is 16.0. The largest absolute Gasteiger partial charge is 0.454 e. The van der Waals surface area contributed by atoms with Gasteiger partial charge in [-0.2, -0.15) is 5.10 Å². The number of para-hydroxylation sites is 1. The number of carbonyl (C=O) groups is 1. The fraction of sp³-hybridized carbons (Fsp3) is 0.273. The van der Waals surface area contributed by atoms with Crippen molar-refractivity contribution in [3.05, 3.63) is 72.1 Å². The second kappa shape index (κ2) is 7.60. The van der Waals surface area contributed by atoms with E-state index in [-0.39, 0.29) is 5.91 Å². The Morgan fingerprint density at radius 2 is 1.79 bits per heavy atom. The molecule has 0 radical (unpaired) electrons. The van der Waals surface area contributed by atoms with Gasteiger partial charge in [-0.25, -0.2) is 4.68 Å². The number of rotatable bonds is 4. The lowest BCUT2D eigenvalue weighted by atomic mass is 10.1. The molecule has 0 unspecified atom stereocenters. The smallest absolute Gasteiger partial charge is 0.256 e. The van der Waals surface area contributed by atoms with Gasteiger partial charge in [-0.05, 0) is 35.9 Å². The van der Waals surface area contributed by atoms with E-state index in [1.807, 2.05) is 53.6 Å². The summed E-state index contributed by atoms with van der Waals surface area (Å²) in [5.41, 5.74) is 2.68. The quantitative estimate of drug-likeness (QED) is 0.685. The summed E-state index contributed by atoms with van der Waals surface area (Å²) >= 11 is 0. The Balaban J connectivity index is 1.24. The van der Waals surface area contributed by atoms with Crippen LogP contribution in [0.3, 0.4) is 0 Å². The van der Waals surface area contributed by atoms with Crippen molar-refractivity contribution in [2.75, 3.05) is 33.0 Å². The molecule has 0 spiro atoms. The maximum absolute atomic E-state index is 13.1. The molecule has 7 heteroatoms. The van der Waals surface area contributed by atoms with Crippen molar-refractivity contribution in [2.24, 2.45) is 0 Å². The zero-order valence-corrected chi connectivity index (χ0v) is 16.0. The molecule has 1 aromatic heterocycles. The summed E-state index contributed by atoms with van der Waals surface area (Å²) in [6, 6.07) is 15.6. The van der Waals surface area contributed by atoms with Crippen LogP contribution in [-0.2, 0) is 6.54 Å². The van der Waals surface area contributed by atoms with E-state index in [4.69, 9.17) is 9.47 Å². The fourth-order valence-corrected chi connectivity index (χ4v) is 3.84. The van der Waals surface area contributed by atoms with Gasteiger partial charge >= 0.3 is 0 Å². The van der Waals surface area contributed by atoms with Crippen molar-refractivity contribution in [3.8, 4) is 17.2 Å². The summed E-state index contributed by atoms with van der Waals surface area (Å²) in [5, 5.41) is 4.28. The average molecular weight is 390 g/mol. The molecule has 3 aromatic rings. The molecule has 2 aromatic carbocycles. The predicted octanol–water partition coefficient (Wildman–Crippen LogP) is 2.56. The number of benzene rings is 2. The second-order valence-corrected chi connectivity index (χ2v) is 7.22. The van der Waals surface area contributed by atoms with Crippen molar-refractivity contribution in [1.29, 1.82) is 0 Å². The van der Waals surface area contributed by atoms with Crippen molar-refractivity contribution in [3.63, 3.8) is 0 Å². The summed E-state index contributed by atoms with van der Waals surface area (Å²) in [6.45, 7) is 4.21. The molecular weight excluding hydrogens is 368 g/mol. The fourth-order valence-electron chi connectivity index (χ4n) is 3.84. The first-order valence-corrected chi connectivity index (χ1v) is 9.77. The van der Waals surface area contributed by atoms with Crippen LogP contribution in [0.1, 0.15) is 15.9 Å². The number of carbonyl (C=O) groups excluding carboxylic acids is 1. The molecule has 2 aliphatic rings. The normalized spacial score (nSPS) is 16.2. The van der Waals surface area contributed by atoms with Crippen LogP contribution in [0.5, 0.6) is 11.5 Å². The minimum atomic E-state index is 0.0545. The van der Waals surface area contributed by atoms with Crippen molar-refractivity contribution >= 4 is 5.91 Å². The molecule has 2 aliphatic heterocycles. The Kier molecular flexibility index (Phi) is 4.65. The van der Waals surface area contributed by atoms with Gasteiger partial charge in [0.15, 0.2) is 11.5 Å². The summed E-state index contributed by atoms with van der Waals surface area (Å²) in [6.07, 6.45) is 3.57. The molecule has 148 valence electrons. The number of fused-ring (bicyclic) bond motifs is 1. The number of ether oxygens (including phenoxy) is 2. The highest BCUT2D eigenvalue weighted by molar-refractivity contribution is 5.97. The van der Waals surface area contributed by atoms with E-state index in [2.05, 4.69) is 16.1 Å². The highest BCUT2D eigenvalue weighted by atomic mass is 16.7. The Morgan fingerprint density at radius 1 is 0.966 bits per heavy atom. The van der Waals surface area contributed by atoms with Gasteiger partial charge in [0.1, 0.15) is 0 Å². The number of hydrogen-bond acceptors (Lipinski definition) is 5. The minimum Gasteiger partial charge on any atom is -0.454 e. The molecule has 1 fully saturated rings. The van der Waals surface area contributed by atoms with Crippen LogP contribution < -0.4 is 9.47 Å². The number of hydrogen-bond donors (Lipinski definition) is 0. The minimum absolute atomic E-state index is 0.0545. The maximum Gasteiger partial charge on any atom is 0.256 e. The lowest BCUT2D eigenvalue weighted by molar-refractivity contribution is 0.0628. The van der Waals surface area contributed by atoms with Crippen LogP contribution in [0.25, 0.3) is 5.69 Å². The van der Waals surface area contributed by atoms with Gasteiger partial charge in [0.05, 0.1) is 11.3 Å². The topological polar surface area (TPSA) is 59.8 Å². The molecule has 0 saturated carbocycles. The van der Waals surface area contributed by atoms with Gasteiger partial charge in [-0.1, -0.05) is 18.2 Å². The highest BCUT2D eigenvalue weighted by Gasteiger charge is 2.24. The number of aromatic nitrogens is 2. The first kappa shape index (κ1) is 17.8. The molecule has 29 heavy (non-hydrogen) atoms. The third kappa shape index (κ3) is 3.56. The van der Waals surface area contributed by atoms with Gasteiger partial charge < -0.3 is 14.4 Å². The highest BCUT2D eigenvalue weighted by Crippen LogP contribution is 2.32. The van der Waals surface area contributed by atoms with Crippen LogP contribution in [0.2, 0.25) is 0 Å². The predicted molar refractivity (Wildman–Crippen MR) is 107 cm³/mol. The summed E-state index contributed by atoms with van der Waals surface area (Å²) < 4.78 is 12.6. The number of piperazine rings is 1. The van der Waals surface area contributed by atoms with E-state index < -0.39 is 0 Å². The first-order chi connectivity index (χ1) is 14.3. The van der Waals surface area contributed by atoms with Crippen LogP contribution in [0.4, 0.5) is 0 Å². The van der Waals surface area contributed by atoms with E-state index in [0.717, 1.165) is 36.8 Å². The molecule has 1 saturated heterocycles. The van der Waals surface area contributed by atoms with Gasteiger partial charge in [0, 0.05) is 45.1 Å². The van der Waals surface area contributed by atoms with E-state index in [1.54, 1.807) is 10.9 Å². The Hall–Kier alpha value is -3.32. The Bertz CT molecular complexity index is 1010. The van der Waals surface area contributed by atoms with Crippen LogP contribution in [0.15, 0.2) is 60.9 Å². The van der Waals surface area contributed by atoms with Gasteiger partial charge in [0.2, 0.25) is 6.79 Å².